The molecular weight excluding hydrogens is 242 g/mol. The van der Waals surface area contributed by atoms with Crippen molar-refractivity contribution in [1.29, 1.82) is 0 Å². The number of hydrogen-bond donors (Lipinski definition) is 0. The van der Waals surface area contributed by atoms with Crippen molar-refractivity contribution >= 4 is 12.1 Å². The van der Waals surface area contributed by atoms with Crippen LogP contribution < -0.4 is 10.5 Å². The van der Waals surface area contributed by atoms with Crippen molar-refractivity contribution in [3.05, 3.63) is 22.7 Å². The van der Waals surface area contributed by atoms with Gasteiger partial charge in [-0.05, 0) is 25.2 Å². The minimum Gasteiger partial charge on any atom is -0.342 e. The number of rotatable bonds is 4. The molecule has 0 aromatic carbocycles. The molecule has 1 aliphatic heterocycles. The van der Waals surface area contributed by atoms with E-state index >= 15 is 0 Å². The van der Waals surface area contributed by atoms with Gasteiger partial charge in [0, 0.05) is 25.5 Å². The Kier molecular flexibility index (Phi) is 4.35. The Labute approximate surface area is 113 Å². The second kappa shape index (κ2) is 5.99. The first-order valence-electron chi connectivity index (χ1n) is 6.91. The van der Waals surface area contributed by atoms with Gasteiger partial charge in [0.25, 0.3) is 5.56 Å². The second-order valence-electron chi connectivity index (χ2n) is 5.49. The number of nitrogens with zero attached hydrogens (tertiary/aromatic N) is 3. The molecule has 1 aliphatic rings. The number of anilines is 1. The van der Waals surface area contributed by atoms with Gasteiger partial charge in [0.1, 0.15) is 6.29 Å². The minimum absolute atomic E-state index is 0.0926. The van der Waals surface area contributed by atoms with Crippen molar-refractivity contribution in [2.24, 2.45) is 5.92 Å². The van der Waals surface area contributed by atoms with Gasteiger partial charge in [0.2, 0.25) is 0 Å². The third-order valence-corrected chi connectivity index (χ3v) is 3.44. The SMILES string of the molecule is CC(C)Cn1ccnc(N2CCCCC2C=O)c1=O. The van der Waals surface area contributed by atoms with E-state index in [0.717, 1.165) is 32.1 Å². The number of aldehydes is 1. The third-order valence-electron chi connectivity index (χ3n) is 3.44. The van der Waals surface area contributed by atoms with Crippen LogP contribution in [-0.4, -0.2) is 28.4 Å². The predicted octanol–water partition coefficient (Wildman–Crippen LogP) is 1.46. The molecule has 104 valence electrons. The molecule has 0 spiro atoms. The number of carbonyl (C=O) groups excluding carboxylic acids is 1. The van der Waals surface area contributed by atoms with Crippen LogP contribution in [0.1, 0.15) is 33.1 Å². The Bertz CT molecular complexity index is 496. The highest BCUT2D eigenvalue weighted by Crippen LogP contribution is 2.19. The lowest BCUT2D eigenvalue weighted by Gasteiger charge is -2.32. The molecule has 0 saturated carbocycles. The predicted molar refractivity (Wildman–Crippen MR) is 74.4 cm³/mol. The van der Waals surface area contributed by atoms with Gasteiger partial charge in [0.15, 0.2) is 5.82 Å². The van der Waals surface area contributed by atoms with Gasteiger partial charge < -0.3 is 14.3 Å². The number of piperidine rings is 1. The summed E-state index contributed by atoms with van der Waals surface area (Å²) >= 11 is 0. The van der Waals surface area contributed by atoms with Gasteiger partial charge in [-0.1, -0.05) is 13.8 Å². The molecule has 5 nitrogen and oxygen atoms in total. The summed E-state index contributed by atoms with van der Waals surface area (Å²) in [5.41, 5.74) is -0.0926. The standard InChI is InChI=1S/C14H21N3O2/c1-11(2)9-16-8-6-15-13(14(16)19)17-7-4-3-5-12(17)10-18/h6,8,10-12H,3-5,7,9H2,1-2H3. The molecule has 1 aromatic heterocycles. The van der Waals surface area contributed by atoms with Gasteiger partial charge in [-0.15, -0.1) is 0 Å². The Hall–Kier alpha value is -1.65. The summed E-state index contributed by atoms with van der Waals surface area (Å²) in [5, 5.41) is 0. The molecule has 2 heterocycles. The Balaban J connectivity index is 2.33. The number of carbonyl (C=O) groups is 1. The molecule has 0 radical (unpaired) electrons. The summed E-state index contributed by atoms with van der Waals surface area (Å²) in [4.78, 5) is 29.6. The van der Waals surface area contributed by atoms with Crippen LogP contribution in [0.15, 0.2) is 17.2 Å². The first-order valence-corrected chi connectivity index (χ1v) is 6.91. The highest BCUT2D eigenvalue weighted by atomic mass is 16.1. The highest BCUT2D eigenvalue weighted by molar-refractivity contribution is 5.64. The van der Waals surface area contributed by atoms with Crippen LogP contribution in [0.25, 0.3) is 0 Å². The molecule has 0 N–H and O–H groups in total. The maximum absolute atomic E-state index is 12.4. The van der Waals surface area contributed by atoms with Crippen molar-refractivity contribution in [3.8, 4) is 0 Å². The highest BCUT2D eigenvalue weighted by Gasteiger charge is 2.25. The van der Waals surface area contributed by atoms with E-state index in [1.165, 1.54) is 0 Å². The van der Waals surface area contributed by atoms with Gasteiger partial charge >= 0.3 is 0 Å². The summed E-state index contributed by atoms with van der Waals surface area (Å²) in [5.74, 6) is 0.816. The lowest BCUT2D eigenvalue weighted by Crippen LogP contribution is -2.44. The van der Waals surface area contributed by atoms with Crippen LogP contribution in [0.2, 0.25) is 0 Å². The molecule has 1 unspecified atom stereocenters. The Morgan fingerprint density at radius 2 is 2.26 bits per heavy atom. The zero-order valence-corrected chi connectivity index (χ0v) is 11.6. The lowest BCUT2D eigenvalue weighted by atomic mass is 10.0. The maximum atomic E-state index is 12.4. The summed E-state index contributed by atoms with van der Waals surface area (Å²) in [6.07, 6.45) is 7.14. The van der Waals surface area contributed by atoms with E-state index in [-0.39, 0.29) is 11.6 Å². The molecule has 2 rings (SSSR count). The normalized spacial score (nSPS) is 19.7. The van der Waals surface area contributed by atoms with E-state index in [2.05, 4.69) is 18.8 Å². The van der Waals surface area contributed by atoms with Crippen LogP contribution in [0.3, 0.4) is 0 Å². The monoisotopic (exact) mass is 263 g/mol. The van der Waals surface area contributed by atoms with Crippen LogP contribution in [0.5, 0.6) is 0 Å². The summed E-state index contributed by atoms with van der Waals surface area (Å²) < 4.78 is 1.68. The summed E-state index contributed by atoms with van der Waals surface area (Å²) in [7, 11) is 0. The Morgan fingerprint density at radius 1 is 1.47 bits per heavy atom. The van der Waals surface area contributed by atoms with E-state index in [1.807, 2.05) is 4.90 Å². The molecule has 0 aliphatic carbocycles. The van der Waals surface area contributed by atoms with Crippen molar-refractivity contribution in [3.63, 3.8) is 0 Å². The average molecular weight is 263 g/mol. The second-order valence-corrected chi connectivity index (χ2v) is 5.49. The molecular formula is C14H21N3O2. The summed E-state index contributed by atoms with van der Waals surface area (Å²) in [6, 6.07) is -0.205. The zero-order chi connectivity index (χ0) is 13.8. The molecule has 0 amide bonds. The fourth-order valence-corrected chi connectivity index (χ4v) is 2.53. The van der Waals surface area contributed by atoms with E-state index < -0.39 is 0 Å². The molecule has 1 atom stereocenters. The zero-order valence-electron chi connectivity index (χ0n) is 11.6. The molecule has 0 bridgehead atoms. The number of hydrogen-bond acceptors (Lipinski definition) is 4. The molecule has 19 heavy (non-hydrogen) atoms. The minimum atomic E-state index is -0.205. The van der Waals surface area contributed by atoms with E-state index in [9.17, 15) is 9.59 Å². The molecule has 1 fully saturated rings. The van der Waals surface area contributed by atoms with Gasteiger partial charge in [-0.3, -0.25) is 4.79 Å². The van der Waals surface area contributed by atoms with Gasteiger partial charge in [-0.2, -0.15) is 0 Å². The fourth-order valence-electron chi connectivity index (χ4n) is 2.53. The maximum Gasteiger partial charge on any atom is 0.293 e. The lowest BCUT2D eigenvalue weighted by molar-refractivity contribution is -0.109. The number of aromatic nitrogens is 2. The molecule has 1 aromatic rings. The van der Waals surface area contributed by atoms with Crippen LogP contribution in [0.4, 0.5) is 5.82 Å². The van der Waals surface area contributed by atoms with E-state index in [1.54, 1.807) is 17.0 Å². The van der Waals surface area contributed by atoms with Crippen molar-refractivity contribution in [1.82, 2.24) is 9.55 Å². The molecule has 1 saturated heterocycles. The van der Waals surface area contributed by atoms with Crippen LogP contribution in [0, 0.1) is 5.92 Å². The molecule has 5 heteroatoms. The first-order chi connectivity index (χ1) is 9.13. The van der Waals surface area contributed by atoms with Gasteiger partial charge in [0.05, 0.1) is 6.04 Å². The van der Waals surface area contributed by atoms with Gasteiger partial charge in [-0.25, -0.2) is 4.98 Å². The van der Waals surface area contributed by atoms with Crippen molar-refractivity contribution in [2.45, 2.75) is 45.7 Å². The average Bonchev–Trinajstić information content (AvgIpc) is 2.41. The van der Waals surface area contributed by atoms with Crippen molar-refractivity contribution in [2.75, 3.05) is 11.4 Å². The fraction of sp³-hybridized carbons (Fsp3) is 0.643. The van der Waals surface area contributed by atoms with Crippen LogP contribution in [-0.2, 0) is 11.3 Å². The largest absolute Gasteiger partial charge is 0.342 e. The first kappa shape index (κ1) is 13.8. The topological polar surface area (TPSA) is 55.2 Å². The van der Waals surface area contributed by atoms with E-state index in [4.69, 9.17) is 0 Å². The van der Waals surface area contributed by atoms with Crippen LogP contribution >= 0.6 is 0 Å². The Morgan fingerprint density at radius 3 is 2.95 bits per heavy atom. The summed E-state index contributed by atoms with van der Waals surface area (Å²) in [6.45, 7) is 5.55. The smallest absolute Gasteiger partial charge is 0.293 e. The quantitative estimate of drug-likeness (QED) is 0.772. The van der Waals surface area contributed by atoms with Crippen molar-refractivity contribution < 1.29 is 4.79 Å². The van der Waals surface area contributed by atoms with E-state index in [0.29, 0.717) is 18.3 Å². The third kappa shape index (κ3) is 3.03.